The van der Waals surface area contributed by atoms with E-state index in [-0.39, 0.29) is 0 Å². The predicted molar refractivity (Wildman–Crippen MR) is 108 cm³/mol. The van der Waals surface area contributed by atoms with Crippen LogP contribution in [0, 0.1) is 0 Å². The lowest BCUT2D eigenvalue weighted by molar-refractivity contribution is 0.311. The number of aromatic nitrogens is 1. The second-order valence-electron chi connectivity index (χ2n) is 5.47. The summed E-state index contributed by atoms with van der Waals surface area (Å²) in [5, 5.41) is 8.45. The summed E-state index contributed by atoms with van der Waals surface area (Å²) in [6, 6.07) is 9.58. The molecule has 0 spiro atoms. The zero-order valence-corrected chi connectivity index (χ0v) is 16.3. The van der Waals surface area contributed by atoms with Crippen molar-refractivity contribution in [2.45, 2.75) is 13.5 Å². The van der Waals surface area contributed by atoms with Gasteiger partial charge in [-0.15, -0.1) is 11.3 Å². The fourth-order valence-corrected chi connectivity index (χ4v) is 3.07. The average Bonchev–Trinajstić information content (AvgIpc) is 3.37. The Bertz CT molecular complexity index is 890. The number of thiophene rings is 1. The molecule has 2 aromatic heterocycles. The Morgan fingerprint density at radius 2 is 2.19 bits per heavy atom. The van der Waals surface area contributed by atoms with Gasteiger partial charge in [-0.25, -0.2) is 4.98 Å². The van der Waals surface area contributed by atoms with Crippen molar-refractivity contribution in [2.75, 3.05) is 26.1 Å². The molecule has 1 aromatic carbocycles. The van der Waals surface area contributed by atoms with Crippen LogP contribution in [0.5, 0.6) is 11.5 Å². The molecule has 27 heavy (non-hydrogen) atoms. The van der Waals surface area contributed by atoms with Gasteiger partial charge in [0.15, 0.2) is 17.5 Å². The van der Waals surface area contributed by atoms with Crippen LogP contribution in [0.15, 0.2) is 51.4 Å². The van der Waals surface area contributed by atoms with Crippen molar-refractivity contribution in [3.63, 3.8) is 0 Å². The van der Waals surface area contributed by atoms with Crippen molar-refractivity contribution >= 4 is 23.0 Å². The molecule has 8 heteroatoms. The number of anilines is 1. The Balaban J connectivity index is 1.62. The van der Waals surface area contributed by atoms with Crippen LogP contribution in [0.4, 0.5) is 5.69 Å². The minimum atomic E-state index is 0.489. The van der Waals surface area contributed by atoms with Crippen molar-refractivity contribution in [3.05, 3.63) is 47.7 Å². The lowest BCUT2D eigenvalue weighted by Gasteiger charge is -2.14. The maximum Gasteiger partial charge on any atom is 0.236 e. The zero-order chi connectivity index (χ0) is 19.1. The van der Waals surface area contributed by atoms with Crippen LogP contribution in [-0.2, 0) is 6.54 Å². The predicted octanol–water partition coefficient (Wildman–Crippen LogP) is 4.00. The van der Waals surface area contributed by atoms with E-state index in [9.17, 15) is 0 Å². The average molecular weight is 386 g/mol. The molecular weight excluding hydrogens is 364 g/mol. The number of hydrogen-bond acceptors (Lipinski definition) is 6. The second kappa shape index (κ2) is 9.09. The molecular formula is C19H22N4O3S. The summed E-state index contributed by atoms with van der Waals surface area (Å²) in [4.78, 5) is 9.73. The molecule has 0 atom stereocenters. The molecule has 0 amide bonds. The Morgan fingerprint density at radius 1 is 1.30 bits per heavy atom. The second-order valence-corrected chi connectivity index (χ2v) is 6.42. The Labute approximate surface area is 162 Å². The summed E-state index contributed by atoms with van der Waals surface area (Å²) >= 11 is 1.59. The van der Waals surface area contributed by atoms with Crippen molar-refractivity contribution in [3.8, 4) is 22.3 Å². The molecule has 0 saturated carbocycles. The summed E-state index contributed by atoms with van der Waals surface area (Å²) < 4.78 is 16.4. The standard InChI is InChI=1S/C19H22N4O3S/c1-4-25-16-10-13(7-8-15(16)24-3)23-19(20-2)21-11-14-12-26-18(22-14)17-6-5-9-27-17/h5-10,12H,4,11H2,1-3H3,(H2,20,21,23). The van der Waals surface area contributed by atoms with Gasteiger partial charge in [-0.1, -0.05) is 6.07 Å². The first-order valence-corrected chi connectivity index (χ1v) is 9.38. The van der Waals surface area contributed by atoms with E-state index >= 15 is 0 Å². The van der Waals surface area contributed by atoms with Crippen molar-refractivity contribution in [1.29, 1.82) is 0 Å². The molecule has 3 aromatic rings. The quantitative estimate of drug-likeness (QED) is 0.472. The highest BCUT2D eigenvalue weighted by atomic mass is 32.1. The van der Waals surface area contributed by atoms with Gasteiger partial charge in [-0.05, 0) is 30.5 Å². The smallest absolute Gasteiger partial charge is 0.236 e. The number of nitrogens with zero attached hydrogens (tertiary/aromatic N) is 2. The maximum absolute atomic E-state index is 5.60. The van der Waals surface area contributed by atoms with Crippen molar-refractivity contribution < 1.29 is 13.9 Å². The highest BCUT2D eigenvalue weighted by Gasteiger charge is 2.09. The van der Waals surface area contributed by atoms with Crippen LogP contribution in [0.3, 0.4) is 0 Å². The van der Waals surface area contributed by atoms with E-state index in [1.807, 2.05) is 42.6 Å². The van der Waals surface area contributed by atoms with E-state index < -0.39 is 0 Å². The number of ether oxygens (including phenoxy) is 2. The van der Waals surface area contributed by atoms with E-state index in [4.69, 9.17) is 13.9 Å². The summed E-state index contributed by atoms with van der Waals surface area (Å²) in [6.07, 6.45) is 1.65. The van der Waals surface area contributed by atoms with E-state index in [0.717, 1.165) is 16.3 Å². The van der Waals surface area contributed by atoms with E-state index in [1.54, 1.807) is 31.8 Å². The fraction of sp³-hybridized carbons (Fsp3) is 0.263. The van der Waals surface area contributed by atoms with Crippen LogP contribution in [0.25, 0.3) is 10.8 Å². The van der Waals surface area contributed by atoms with Gasteiger partial charge in [0.05, 0.1) is 30.8 Å². The molecule has 3 rings (SSSR count). The molecule has 0 aliphatic carbocycles. The van der Waals surface area contributed by atoms with Crippen LogP contribution in [0.2, 0.25) is 0 Å². The molecule has 0 unspecified atom stereocenters. The Hall–Kier alpha value is -3.00. The highest BCUT2D eigenvalue weighted by Crippen LogP contribution is 2.30. The van der Waals surface area contributed by atoms with E-state index in [0.29, 0.717) is 36.5 Å². The Morgan fingerprint density at radius 3 is 2.89 bits per heavy atom. The summed E-state index contributed by atoms with van der Waals surface area (Å²) in [7, 11) is 3.33. The Kier molecular flexibility index (Phi) is 6.32. The molecule has 0 radical (unpaired) electrons. The number of benzene rings is 1. The summed E-state index contributed by atoms with van der Waals surface area (Å²) in [5.74, 6) is 2.61. The topological polar surface area (TPSA) is 80.9 Å². The number of aliphatic imine (C=N–C) groups is 1. The van der Waals surface area contributed by atoms with Gasteiger partial charge in [-0.2, -0.15) is 0 Å². The molecule has 0 bridgehead atoms. The monoisotopic (exact) mass is 386 g/mol. The molecule has 0 fully saturated rings. The number of guanidine groups is 1. The van der Waals surface area contributed by atoms with Gasteiger partial charge in [0.25, 0.3) is 0 Å². The third kappa shape index (κ3) is 4.79. The number of nitrogens with one attached hydrogen (secondary N) is 2. The SMILES string of the molecule is CCOc1cc(NC(=NC)NCc2coc(-c3cccs3)n2)ccc1OC. The van der Waals surface area contributed by atoms with Crippen LogP contribution < -0.4 is 20.1 Å². The van der Waals surface area contributed by atoms with E-state index in [2.05, 4.69) is 20.6 Å². The van der Waals surface area contributed by atoms with Crippen LogP contribution in [0.1, 0.15) is 12.6 Å². The first-order chi connectivity index (χ1) is 13.2. The first-order valence-electron chi connectivity index (χ1n) is 8.50. The normalized spacial score (nSPS) is 11.3. The molecule has 2 N–H and O–H groups in total. The van der Waals surface area contributed by atoms with E-state index in [1.165, 1.54) is 0 Å². The minimum absolute atomic E-state index is 0.489. The van der Waals surface area contributed by atoms with Gasteiger partial charge in [0.1, 0.15) is 6.26 Å². The number of rotatable bonds is 7. The maximum atomic E-state index is 5.60. The van der Waals surface area contributed by atoms with Gasteiger partial charge < -0.3 is 24.5 Å². The van der Waals surface area contributed by atoms with Crippen molar-refractivity contribution in [2.24, 2.45) is 4.99 Å². The van der Waals surface area contributed by atoms with Gasteiger partial charge in [0, 0.05) is 18.8 Å². The fourth-order valence-electron chi connectivity index (χ4n) is 2.41. The molecule has 0 aliphatic rings. The molecule has 142 valence electrons. The largest absolute Gasteiger partial charge is 0.493 e. The third-order valence-corrected chi connectivity index (χ3v) is 4.53. The minimum Gasteiger partial charge on any atom is -0.493 e. The number of methoxy groups -OCH3 is 1. The van der Waals surface area contributed by atoms with Gasteiger partial charge >= 0.3 is 0 Å². The summed E-state index contributed by atoms with van der Waals surface area (Å²) in [6.45, 7) is 2.98. The molecule has 2 heterocycles. The highest BCUT2D eigenvalue weighted by molar-refractivity contribution is 7.13. The molecule has 0 saturated heterocycles. The lowest BCUT2D eigenvalue weighted by atomic mass is 10.2. The van der Waals surface area contributed by atoms with Gasteiger partial charge in [0.2, 0.25) is 5.89 Å². The molecule has 0 aliphatic heterocycles. The number of oxazole rings is 1. The first kappa shape index (κ1) is 18.8. The van der Waals surface area contributed by atoms with Crippen LogP contribution >= 0.6 is 11.3 Å². The van der Waals surface area contributed by atoms with Crippen LogP contribution in [-0.4, -0.2) is 31.7 Å². The zero-order valence-electron chi connectivity index (χ0n) is 15.5. The number of hydrogen-bond donors (Lipinski definition) is 2. The lowest BCUT2D eigenvalue weighted by Crippen LogP contribution is -2.30. The molecule has 7 nitrogen and oxygen atoms in total. The summed E-state index contributed by atoms with van der Waals surface area (Å²) in [5.41, 5.74) is 1.64. The van der Waals surface area contributed by atoms with Gasteiger partial charge in [-0.3, -0.25) is 4.99 Å². The van der Waals surface area contributed by atoms with Crippen molar-refractivity contribution in [1.82, 2.24) is 10.3 Å². The third-order valence-electron chi connectivity index (χ3n) is 3.67.